The number of aliphatic carboxylic acids is 1. The van der Waals surface area contributed by atoms with Gasteiger partial charge >= 0.3 is 5.97 Å². The molecule has 0 aliphatic heterocycles. The molecule has 8 heteroatoms. The number of carbonyl (C=O) groups is 2. The van der Waals surface area contributed by atoms with Crippen LogP contribution in [-0.4, -0.2) is 50.4 Å². The van der Waals surface area contributed by atoms with Crippen LogP contribution in [0.1, 0.15) is 74.8 Å². The molecule has 0 spiro atoms. The number of likely N-dealkylation sites (N-methyl/N-ethyl adjacent to an activating group) is 1. The van der Waals surface area contributed by atoms with Gasteiger partial charge in [-0.05, 0) is 75.9 Å². The molecule has 1 aromatic carbocycles. The molecule has 0 unspecified atom stereocenters. The first-order valence-corrected chi connectivity index (χ1v) is 13.1. The average Bonchev–Trinajstić information content (AvgIpc) is 3.27. The number of rotatable bonds is 14. The van der Waals surface area contributed by atoms with Crippen LogP contribution in [0.2, 0.25) is 0 Å². The zero-order chi connectivity index (χ0) is 28.5. The minimum absolute atomic E-state index is 0.292. The van der Waals surface area contributed by atoms with Gasteiger partial charge in [-0.15, -0.1) is 0 Å². The lowest BCUT2D eigenvalue weighted by Crippen LogP contribution is -2.38. The molecule has 1 amide bonds. The lowest BCUT2D eigenvalue weighted by Gasteiger charge is -2.24. The Kier molecular flexibility index (Phi) is 10.9. The lowest BCUT2D eigenvalue weighted by molar-refractivity contribution is -0.152. The molecule has 0 aliphatic carbocycles. The number of aromatic nitrogens is 2. The van der Waals surface area contributed by atoms with E-state index in [4.69, 9.17) is 4.74 Å². The summed E-state index contributed by atoms with van der Waals surface area (Å²) in [7, 11) is 1.79. The fourth-order valence-electron chi connectivity index (χ4n) is 3.88. The van der Waals surface area contributed by atoms with Gasteiger partial charge in [0.15, 0.2) is 11.3 Å². The standard InChI is InChI=1S/C30H42N4O4/c1-9-12-17-34(11-3)24(10-2)15-13-21(4)26-19-25(32-33(26)8)28(35)31-20-23-14-16-27(22(5)18-23)38-30(6,7)29(36)37/h10,13-16,18-19H,4,9,11-12,17,20H2,1-3,5-8H3,(H,31,35)(H,36,37)/b15-13-,24-10+. The molecule has 0 saturated heterocycles. The molecule has 1 aromatic heterocycles. The molecule has 0 atom stereocenters. The first-order valence-electron chi connectivity index (χ1n) is 13.1. The van der Waals surface area contributed by atoms with Gasteiger partial charge in [0.25, 0.3) is 5.91 Å². The van der Waals surface area contributed by atoms with E-state index in [0.717, 1.165) is 54.0 Å². The number of amides is 1. The summed E-state index contributed by atoms with van der Waals surface area (Å²) in [5.41, 5.74) is 3.28. The fourth-order valence-corrected chi connectivity index (χ4v) is 3.88. The molecule has 38 heavy (non-hydrogen) atoms. The van der Waals surface area contributed by atoms with Gasteiger partial charge in [-0.2, -0.15) is 5.10 Å². The monoisotopic (exact) mass is 522 g/mol. The van der Waals surface area contributed by atoms with E-state index in [1.54, 1.807) is 29.9 Å². The van der Waals surface area contributed by atoms with Crippen LogP contribution < -0.4 is 10.1 Å². The highest BCUT2D eigenvalue weighted by Gasteiger charge is 2.29. The quantitative estimate of drug-likeness (QED) is 0.318. The Morgan fingerprint density at radius 3 is 2.53 bits per heavy atom. The highest BCUT2D eigenvalue weighted by Crippen LogP contribution is 2.24. The molecule has 0 aliphatic rings. The van der Waals surface area contributed by atoms with Crippen molar-refractivity contribution >= 4 is 17.4 Å². The van der Waals surface area contributed by atoms with Gasteiger partial charge in [-0.1, -0.05) is 44.2 Å². The number of aryl methyl sites for hydroxylation is 2. The third-order valence-electron chi connectivity index (χ3n) is 6.29. The Balaban J connectivity index is 2.05. The van der Waals surface area contributed by atoms with Crippen LogP contribution in [0.3, 0.4) is 0 Å². The Morgan fingerprint density at radius 1 is 1.24 bits per heavy atom. The maximum Gasteiger partial charge on any atom is 0.347 e. The summed E-state index contributed by atoms with van der Waals surface area (Å²) >= 11 is 0. The predicted molar refractivity (Wildman–Crippen MR) is 152 cm³/mol. The normalized spacial score (nSPS) is 12.0. The van der Waals surface area contributed by atoms with Gasteiger partial charge < -0.3 is 20.1 Å². The molecule has 1 heterocycles. The van der Waals surface area contributed by atoms with Crippen molar-refractivity contribution in [3.05, 3.63) is 77.3 Å². The maximum absolute atomic E-state index is 12.8. The molecule has 0 saturated carbocycles. The second-order valence-electron chi connectivity index (χ2n) is 9.74. The number of unbranched alkanes of at least 4 members (excludes halogenated alkanes) is 1. The summed E-state index contributed by atoms with van der Waals surface area (Å²) in [6.07, 6.45) is 8.40. The Labute approximate surface area is 226 Å². The van der Waals surface area contributed by atoms with Crippen LogP contribution in [-0.2, 0) is 18.4 Å². The Morgan fingerprint density at radius 2 is 1.95 bits per heavy atom. The van der Waals surface area contributed by atoms with Crippen molar-refractivity contribution in [2.24, 2.45) is 7.05 Å². The van der Waals surface area contributed by atoms with Crippen LogP contribution in [0.25, 0.3) is 5.57 Å². The third-order valence-corrected chi connectivity index (χ3v) is 6.29. The van der Waals surface area contributed by atoms with Crippen molar-refractivity contribution in [3.63, 3.8) is 0 Å². The molecule has 2 N–H and O–H groups in total. The second kappa shape index (κ2) is 13.7. The van der Waals surface area contributed by atoms with Gasteiger partial charge in [0.1, 0.15) is 5.75 Å². The second-order valence-corrected chi connectivity index (χ2v) is 9.74. The summed E-state index contributed by atoms with van der Waals surface area (Å²) in [5.74, 6) is -0.847. The van der Waals surface area contributed by atoms with Crippen molar-refractivity contribution in [1.82, 2.24) is 20.0 Å². The summed E-state index contributed by atoms with van der Waals surface area (Å²) in [4.78, 5) is 26.5. The van der Waals surface area contributed by atoms with Crippen LogP contribution in [0, 0.1) is 6.92 Å². The van der Waals surface area contributed by atoms with Crippen LogP contribution in [0.5, 0.6) is 5.75 Å². The number of carbonyl (C=O) groups excluding carboxylic acids is 1. The zero-order valence-corrected chi connectivity index (χ0v) is 23.8. The molecule has 0 bridgehead atoms. The molecular formula is C30H42N4O4. The van der Waals surface area contributed by atoms with Gasteiger partial charge in [0.2, 0.25) is 0 Å². The lowest BCUT2D eigenvalue weighted by atomic mass is 10.1. The SMILES string of the molecule is C=C(/C=C\C(=C/C)N(CC)CCCC)c1cc(C(=O)NCc2ccc(OC(C)(C)C(=O)O)c(C)c2)nn1C. The maximum atomic E-state index is 12.8. The molecule has 0 fully saturated rings. The molecular weight excluding hydrogens is 480 g/mol. The van der Waals surface area contributed by atoms with Crippen molar-refractivity contribution in [2.45, 2.75) is 66.5 Å². The first kappa shape index (κ1) is 30.4. The Bertz CT molecular complexity index is 1210. The summed E-state index contributed by atoms with van der Waals surface area (Å²) in [5, 5.41) is 16.6. The molecule has 206 valence electrons. The summed E-state index contributed by atoms with van der Waals surface area (Å²) < 4.78 is 7.30. The van der Waals surface area contributed by atoms with Gasteiger partial charge in [-0.3, -0.25) is 9.48 Å². The predicted octanol–water partition coefficient (Wildman–Crippen LogP) is 5.50. The van der Waals surface area contributed by atoms with E-state index >= 15 is 0 Å². The van der Waals surface area contributed by atoms with Crippen LogP contribution in [0.15, 0.2) is 54.8 Å². The van der Waals surface area contributed by atoms with Crippen molar-refractivity contribution in [1.29, 1.82) is 0 Å². The number of carboxylic acids is 1. The number of hydrogen-bond acceptors (Lipinski definition) is 5. The molecule has 2 rings (SSSR count). The zero-order valence-electron chi connectivity index (χ0n) is 23.8. The number of allylic oxidation sites excluding steroid dienone is 4. The van der Waals surface area contributed by atoms with E-state index in [-0.39, 0.29) is 5.91 Å². The number of nitrogens with zero attached hydrogens (tertiary/aromatic N) is 3. The topological polar surface area (TPSA) is 96.7 Å². The number of benzene rings is 1. The smallest absolute Gasteiger partial charge is 0.347 e. The number of carboxylic acid groups (broad SMARTS) is 1. The molecule has 8 nitrogen and oxygen atoms in total. The van der Waals surface area contributed by atoms with E-state index in [9.17, 15) is 14.7 Å². The summed E-state index contributed by atoms with van der Waals surface area (Å²) in [6.45, 7) is 17.6. The number of ether oxygens (including phenoxy) is 1. The van der Waals surface area contributed by atoms with Gasteiger partial charge in [-0.25, -0.2) is 4.79 Å². The Hall–Kier alpha value is -3.81. The molecule has 2 aromatic rings. The van der Waals surface area contributed by atoms with E-state index < -0.39 is 11.6 Å². The number of hydrogen-bond donors (Lipinski definition) is 2. The van der Waals surface area contributed by atoms with Gasteiger partial charge in [0, 0.05) is 32.4 Å². The third kappa shape index (κ3) is 8.10. The van der Waals surface area contributed by atoms with Crippen molar-refractivity contribution < 1.29 is 19.4 Å². The van der Waals surface area contributed by atoms with E-state index in [1.807, 2.05) is 26.0 Å². The summed E-state index contributed by atoms with van der Waals surface area (Å²) in [6, 6.07) is 7.12. The highest BCUT2D eigenvalue weighted by molar-refractivity contribution is 5.93. The van der Waals surface area contributed by atoms with E-state index in [1.165, 1.54) is 13.8 Å². The van der Waals surface area contributed by atoms with Gasteiger partial charge in [0.05, 0.1) is 5.69 Å². The average molecular weight is 523 g/mol. The van der Waals surface area contributed by atoms with Crippen LogP contribution >= 0.6 is 0 Å². The minimum atomic E-state index is -1.34. The minimum Gasteiger partial charge on any atom is -0.478 e. The largest absolute Gasteiger partial charge is 0.478 e. The highest BCUT2D eigenvalue weighted by atomic mass is 16.5. The van der Waals surface area contributed by atoms with Crippen LogP contribution in [0.4, 0.5) is 0 Å². The molecule has 0 radical (unpaired) electrons. The first-order chi connectivity index (χ1) is 17.9. The fraction of sp³-hybridized carbons (Fsp3) is 0.433. The van der Waals surface area contributed by atoms with E-state index in [2.05, 4.69) is 47.9 Å². The van der Waals surface area contributed by atoms with E-state index in [0.29, 0.717) is 18.0 Å². The van der Waals surface area contributed by atoms with Crippen molar-refractivity contribution in [2.75, 3.05) is 13.1 Å². The van der Waals surface area contributed by atoms with Crippen molar-refractivity contribution in [3.8, 4) is 5.75 Å². The number of nitrogens with one attached hydrogen (secondary N) is 1.